The molecule has 0 spiro atoms. The van der Waals surface area contributed by atoms with E-state index in [9.17, 15) is 8.42 Å². The van der Waals surface area contributed by atoms with E-state index in [1.807, 2.05) is 12.1 Å². The second kappa shape index (κ2) is 8.11. The molecule has 1 fully saturated rings. The third kappa shape index (κ3) is 4.57. The van der Waals surface area contributed by atoms with Crippen molar-refractivity contribution in [1.29, 1.82) is 0 Å². The topological polar surface area (TPSA) is 52.6 Å². The van der Waals surface area contributed by atoms with Crippen LogP contribution in [-0.4, -0.2) is 35.7 Å². The SMILES string of the molecule is CC(C)(C)[Si](OC1CC(COS(C)(=O)=O)C1)(c1ccccc1)c1ccccc1. The average Bonchev–Trinajstić information content (AvgIpc) is 2.60. The quantitative estimate of drug-likeness (QED) is 0.511. The van der Waals surface area contributed by atoms with Gasteiger partial charge < -0.3 is 4.43 Å². The van der Waals surface area contributed by atoms with Crippen molar-refractivity contribution in [2.75, 3.05) is 12.9 Å². The molecule has 0 aromatic heterocycles. The van der Waals surface area contributed by atoms with Crippen LogP contribution in [0.15, 0.2) is 60.7 Å². The highest BCUT2D eigenvalue weighted by Gasteiger charge is 2.52. The minimum atomic E-state index is -3.39. The van der Waals surface area contributed by atoms with Crippen molar-refractivity contribution < 1.29 is 17.0 Å². The second-order valence-electron chi connectivity index (χ2n) is 8.73. The summed E-state index contributed by atoms with van der Waals surface area (Å²) < 4.78 is 34.5. The van der Waals surface area contributed by atoms with Crippen molar-refractivity contribution in [2.24, 2.45) is 5.92 Å². The molecule has 1 saturated carbocycles. The summed E-state index contributed by atoms with van der Waals surface area (Å²) in [6.45, 7) is 7.05. The molecule has 0 atom stereocenters. The van der Waals surface area contributed by atoms with Crippen LogP contribution in [0.25, 0.3) is 0 Å². The van der Waals surface area contributed by atoms with Crippen molar-refractivity contribution in [2.45, 2.75) is 44.8 Å². The number of rotatable bonds is 7. The Morgan fingerprint density at radius 2 is 1.39 bits per heavy atom. The highest BCUT2D eigenvalue weighted by molar-refractivity contribution is 7.85. The predicted molar refractivity (Wildman–Crippen MR) is 116 cm³/mol. The van der Waals surface area contributed by atoms with Crippen LogP contribution in [0.3, 0.4) is 0 Å². The van der Waals surface area contributed by atoms with Gasteiger partial charge in [-0.05, 0) is 34.2 Å². The van der Waals surface area contributed by atoms with Gasteiger partial charge in [0, 0.05) is 6.10 Å². The molecule has 2 aromatic rings. The van der Waals surface area contributed by atoms with Crippen LogP contribution < -0.4 is 10.4 Å². The smallest absolute Gasteiger partial charge is 0.264 e. The van der Waals surface area contributed by atoms with Crippen molar-refractivity contribution in [3.8, 4) is 0 Å². The summed E-state index contributed by atoms with van der Waals surface area (Å²) in [6.07, 6.45) is 2.89. The van der Waals surface area contributed by atoms with Crippen LogP contribution >= 0.6 is 0 Å². The van der Waals surface area contributed by atoms with Gasteiger partial charge in [-0.2, -0.15) is 8.42 Å². The van der Waals surface area contributed by atoms with Gasteiger partial charge in [0.15, 0.2) is 0 Å². The van der Waals surface area contributed by atoms with E-state index in [0.29, 0.717) is 0 Å². The van der Waals surface area contributed by atoms with Crippen LogP contribution in [0.2, 0.25) is 5.04 Å². The number of hydrogen-bond acceptors (Lipinski definition) is 4. The van der Waals surface area contributed by atoms with E-state index in [2.05, 4.69) is 69.3 Å². The summed E-state index contributed by atoms with van der Waals surface area (Å²) in [6, 6.07) is 21.2. The molecule has 6 heteroatoms. The van der Waals surface area contributed by atoms with Gasteiger partial charge >= 0.3 is 0 Å². The summed E-state index contributed by atoms with van der Waals surface area (Å²) in [5.41, 5.74) is 0. The maximum atomic E-state index is 11.2. The normalized spacial score (nSPS) is 20.6. The Bertz CT molecular complexity index is 830. The molecule has 0 heterocycles. The molecule has 2 aromatic carbocycles. The van der Waals surface area contributed by atoms with Crippen molar-refractivity contribution in [3.05, 3.63) is 60.7 Å². The lowest BCUT2D eigenvalue weighted by Gasteiger charge is -2.48. The number of benzene rings is 2. The van der Waals surface area contributed by atoms with Crippen LogP contribution in [-0.2, 0) is 18.7 Å². The van der Waals surface area contributed by atoms with Gasteiger partial charge in [-0.15, -0.1) is 0 Å². The van der Waals surface area contributed by atoms with Crippen molar-refractivity contribution in [1.82, 2.24) is 0 Å². The van der Waals surface area contributed by atoms with Crippen molar-refractivity contribution >= 4 is 28.8 Å². The molecule has 0 amide bonds. The zero-order valence-electron chi connectivity index (χ0n) is 17.1. The molecule has 28 heavy (non-hydrogen) atoms. The standard InChI is InChI=1S/C22H30O4SSi/c1-22(2,3)28(20-11-7-5-8-12-20,21-13-9-6-10-14-21)26-19-15-18(16-19)17-25-27(4,23)24/h5-14,18-19H,15-17H2,1-4H3. The molecule has 0 unspecified atom stereocenters. The lowest BCUT2D eigenvalue weighted by Crippen LogP contribution is -2.68. The van der Waals surface area contributed by atoms with Gasteiger partial charge in [0.25, 0.3) is 18.4 Å². The summed E-state index contributed by atoms with van der Waals surface area (Å²) >= 11 is 0. The van der Waals surface area contributed by atoms with Gasteiger partial charge in [-0.25, -0.2) is 0 Å². The molecule has 1 aliphatic rings. The zero-order valence-corrected chi connectivity index (χ0v) is 18.9. The van der Waals surface area contributed by atoms with Gasteiger partial charge in [0.2, 0.25) is 0 Å². The molecule has 4 nitrogen and oxygen atoms in total. The summed E-state index contributed by atoms with van der Waals surface area (Å²) in [4.78, 5) is 0. The van der Waals surface area contributed by atoms with E-state index in [1.165, 1.54) is 10.4 Å². The summed E-state index contributed by atoms with van der Waals surface area (Å²) in [5, 5.41) is 2.48. The minimum Gasteiger partial charge on any atom is -0.404 e. The van der Waals surface area contributed by atoms with Gasteiger partial charge in [0.1, 0.15) is 0 Å². The Morgan fingerprint density at radius 1 is 0.929 bits per heavy atom. The third-order valence-electron chi connectivity index (χ3n) is 5.47. The third-order valence-corrected chi connectivity index (χ3v) is 11.1. The van der Waals surface area contributed by atoms with Crippen LogP contribution in [0.4, 0.5) is 0 Å². The Labute approximate surface area is 170 Å². The highest BCUT2D eigenvalue weighted by atomic mass is 32.2. The Morgan fingerprint density at radius 3 is 1.79 bits per heavy atom. The van der Waals surface area contributed by atoms with E-state index in [-0.39, 0.29) is 23.7 Å². The average molecular weight is 419 g/mol. The summed E-state index contributed by atoms with van der Waals surface area (Å²) in [5.74, 6) is 0.234. The lowest BCUT2D eigenvalue weighted by molar-refractivity contribution is 0.0331. The number of hydrogen-bond donors (Lipinski definition) is 0. The Hall–Kier alpha value is -1.47. The van der Waals surface area contributed by atoms with Gasteiger partial charge in [0.05, 0.1) is 12.9 Å². The van der Waals surface area contributed by atoms with Crippen molar-refractivity contribution in [3.63, 3.8) is 0 Å². The molecule has 0 saturated heterocycles. The van der Waals surface area contributed by atoms with Crippen LogP contribution in [0, 0.1) is 5.92 Å². The maximum Gasteiger partial charge on any atom is 0.264 e. The molecule has 0 aliphatic heterocycles. The predicted octanol–water partition coefficient (Wildman–Crippen LogP) is 3.32. The van der Waals surface area contributed by atoms with E-state index in [1.54, 1.807) is 0 Å². The highest BCUT2D eigenvalue weighted by Crippen LogP contribution is 2.41. The maximum absolute atomic E-state index is 11.2. The largest absolute Gasteiger partial charge is 0.404 e. The lowest BCUT2D eigenvalue weighted by atomic mass is 9.83. The molecule has 152 valence electrons. The van der Waals surface area contributed by atoms with E-state index >= 15 is 0 Å². The first-order valence-electron chi connectivity index (χ1n) is 9.75. The monoisotopic (exact) mass is 418 g/mol. The Balaban J connectivity index is 1.88. The van der Waals surface area contributed by atoms with E-state index < -0.39 is 18.4 Å². The molecule has 0 N–H and O–H groups in total. The molecule has 0 radical (unpaired) electrons. The molecule has 0 bridgehead atoms. The van der Waals surface area contributed by atoms with Crippen LogP contribution in [0.1, 0.15) is 33.6 Å². The second-order valence-corrected chi connectivity index (χ2v) is 14.6. The minimum absolute atomic E-state index is 0.0515. The molecule has 3 rings (SSSR count). The first-order chi connectivity index (χ1) is 13.1. The zero-order chi connectivity index (χ0) is 20.4. The molecular weight excluding hydrogens is 388 g/mol. The first-order valence-corrected chi connectivity index (χ1v) is 13.5. The molecular formula is C22H30O4SSi. The van der Waals surface area contributed by atoms with Gasteiger partial charge in [-0.3, -0.25) is 4.18 Å². The van der Waals surface area contributed by atoms with E-state index in [4.69, 9.17) is 8.61 Å². The molecule has 1 aliphatic carbocycles. The fraction of sp³-hybridized carbons (Fsp3) is 0.455. The van der Waals surface area contributed by atoms with Gasteiger partial charge in [-0.1, -0.05) is 81.4 Å². The first kappa shape index (κ1) is 21.2. The fourth-order valence-electron chi connectivity index (χ4n) is 4.07. The van der Waals surface area contributed by atoms with Crippen LogP contribution in [0.5, 0.6) is 0 Å². The summed E-state index contributed by atoms with van der Waals surface area (Å²) in [7, 11) is -5.92. The Kier molecular flexibility index (Phi) is 6.15. The fourth-order valence-corrected chi connectivity index (χ4v) is 9.21. The van der Waals surface area contributed by atoms with E-state index in [0.717, 1.165) is 19.1 Å².